The Bertz CT molecular complexity index is 435. The van der Waals surface area contributed by atoms with Crippen molar-refractivity contribution in [3.63, 3.8) is 0 Å². The maximum absolute atomic E-state index is 12.6. The zero-order valence-electron chi connectivity index (χ0n) is 11.1. The highest BCUT2D eigenvalue weighted by atomic mass is 19.4. The van der Waals surface area contributed by atoms with Gasteiger partial charge >= 0.3 is 6.18 Å². The molecular formula is C14H18F3NO2. The molecular weight excluding hydrogens is 271 g/mol. The monoisotopic (exact) mass is 289 g/mol. The first kappa shape index (κ1) is 15.3. The summed E-state index contributed by atoms with van der Waals surface area (Å²) in [6, 6.07) is 5.35. The fraction of sp³-hybridized carbons (Fsp3) is 0.571. The fourth-order valence-electron chi connectivity index (χ4n) is 2.39. The van der Waals surface area contributed by atoms with Gasteiger partial charge in [-0.1, -0.05) is 18.2 Å². The largest absolute Gasteiger partial charge is 0.416 e. The lowest BCUT2D eigenvalue weighted by molar-refractivity contribution is -0.137. The van der Waals surface area contributed by atoms with Crippen molar-refractivity contribution in [1.82, 2.24) is 4.90 Å². The van der Waals surface area contributed by atoms with E-state index in [1.54, 1.807) is 6.07 Å². The minimum Gasteiger partial charge on any atom is -0.395 e. The Kier molecular flexibility index (Phi) is 5.01. The van der Waals surface area contributed by atoms with E-state index in [0.717, 1.165) is 12.6 Å². The third-order valence-corrected chi connectivity index (χ3v) is 3.36. The summed E-state index contributed by atoms with van der Waals surface area (Å²) in [5, 5.41) is 8.91. The smallest absolute Gasteiger partial charge is 0.395 e. The van der Waals surface area contributed by atoms with Gasteiger partial charge in [-0.05, 0) is 18.1 Å². The molecule has 1 aromatic carbocycles. The second kappa shape index (κ2) is 6.56. The van der Waals surface area contributed by atoms with Crippen molar-refractivity contribution in [2.45, 2.75) is 18.7 Å². The van der Waals surface area contributed by atoms with Crippen LogP contribution in [0.15, 0.2) is 24.3 Å². The molecule has 2 rings (SSSR count). The second-order valence-corrected chi connectivity index (χ2v) is 4.92. The van der Waals surface area contributed by atoms with E-state index < -0.39 is 11.7 Å². The Morgan fingerprint density at radius 2 is 2.15 bits per heavy atom. The number of aliphatic hydroxyl groups excluding tert-OH is 1. The molecule has 1 aromatic rings. The van der Waals surface area contributed by atoms with Crippen molar-refractivity contribution in [2.24, 2.45) is 0 Å². The quantitative estimate of drug-likeness (QED) is 0.919. The van der Waals surface area contributed by atoms with Gasteiger partial charge in [-0.3, -0.25) is 4.90 Å². The van der Waals surface area contributed by atoms with Gasteiger partial charge in [0.1, 0.15) is 0 Å². The van der Waals surface area contributed by atoms with Crippen LogP contribution in [0.25, 0.3) is 0 Å². The highest BCUT2D eigenvalue weighted by Gasteiger charge is 2.30. The van der Waals surface area contributed by atoms with Crippen molar-refractivity contribution in [3.8, 4) is 0 Å². The van der Waals surface area contributed by atoms with Gasteiger partial charge in [0.15, 0.2) is 0 Å². The summed E-state index contributed by atoms with van der Waals surface area (Å²) in [6.45, 7) is 2.58. The van der Waals surface area contributed by atoms with Crippen molar-refractivity contribution in [2.75, 3.05) is 32.8 Å². The highest BCUT2D eigenvalue weighted by Crippen LogP contribution is 2.29. The van der Waals surface area contributed by atoms with Gasteiger partial charge in [-0.25, -0.2) is 0 Å². The molecule has 6 heteroatoms. The third-order valence-electron chi connectivity index (χ3n) is 3.36. The van der Waals surface area contributed by atoms with Crippen LogP contribution in [-0.4, -0.2) is 49.0 Å². The molecule has 20 heavy (non-hydrogen) atoms. The predicted molar refractivity (Wildman–Crippen MR) is 68.4 cm³/mol. The molecule has 112 valence electrons. The maximum Gasteiger partial charge on any atom is 0.416 e. The van der Waals surface area contributed by atoms with Gasteiger partial charge < -0.3 is 9.84 Å². The van der Waals surface area contributed by atoms with E-state index in [4.69, 9.17) is 9.84 Å². The van der Waals surface area contributed by atoms with Gasteiger partial charge in [0.2, 0.25) is 0 Å². The first-order chi connectivity index (χ1) is 9.49. The number of nitrogens with zero attached hydrogens (tertiary/aromatic N) is 1. The van der Waals surface area contributed by atoms with Crippen LogP contribution in [0.5, 0.6) is 0 Å². The molecule has 0 saturated carbocycles. The van der Waals surface area contributed by atoms with E-state index in [9.17, 15) is 13.2 Å². The number of ether oxygens (including phenoxy) is 1. The normalized spacial score (nSPS) is 21.1. The van der Waals surface area contributed by atoms with E-state index in [0.29, 0.717) is 31.7 Å². The van der Waals surface area contributed by atoms with Crippen LogP contribution in [0.1, 0.15) is 11.1 Å². The van der Waals surface area contributed by atoms with E-state index >= 15 is 0 Å². The Balaban J connectivity index is 1.99. The first-order valence-corrected chi connectivity index (χ1v) is 6.60. The van der Waals surface area contributed by atoms with Crippen LogP contribution >= 0.6 is 0 Å². The average Bonchev–Trinajstić information content (AvgIpc) is 2.39. The van der Waals surface area contributed by atoms with E-state index in [-0.39, 0.29) is 12.7 Å². The lowest BCUT2D eigenvalue weighted by atomic mass is 10.0. The SMILES string of the molecule is OCCN1CCO[C@@H](Cc2cccc(C(F)(F)F)c2)C1. The highest BCUT2D eigenvalue weighted by molar-refractivity contribution is 5.26. The molecule has 0 radical (unpaired) electrons. The number of alkyl halides is 3. The van der Waals surface area contributed by atoms with Gasteiger partial charge in [0, 0.05) is 19.6 Å². The molecule has 1 heterocycles. The molecule has 0 aromatic heterocycles. The van der Waals surface area contributed by atoms with Crippen molar-refractivity contribution in [3.05, 3.63) is 35.4 Å². The number of hydrogen-bond acceptors (Lipinski definition) is 3. The van der Waals surface area contributed by atoms with Crippen molar-refractivity contribution >= 4 is 0 Å². The summed E-state index contributed by atoms with van der Waals surface area (Å²) in [5.74, 6) is 0. The number of β-amino-alcohol motifs (C(OH)–C–C–N with tert-alkyl or cyclic N) is 1. The summed E-state index contributed by atoms with van der Waals surface area (Å²) in [4.78, 5) is 2.06. The fourth-order valence-corrected chi connectivity index (χ4v) is 2.39. The lowest BCUT2D eigenvalue weighted by Crippen LogP contribution is -2.44. The van der Waals surface area contributed by atoms with Gasteiger partial charge in [0.25, 0.3) is 0 Å². The summed E-state index contributed by atoms with van der Waals surface area (Å²) in [7, 11) is 0. The molecule has 0 spiro atoms. The molecule has 0 amide bonds. The minimum absolute atomic E-state index is 0.0796. The van der Waals surface area contributed by atoms with Crippen LogP contribution in [0.4, 0.5) is 13.2 Å². The zero-order valence-corrected chi connectivity index (χ0v) is 11.1. The number of benzene rings is 1. The lowest BCUT2D eigenvalue weighted by Gasteiger charge is -2.32. The van der Waals surface area contributed by atoms with Gasteiger partial charge in [-0.15, -0.1) is 0 Å². The number of hydrogen-bond donors (Lipinski definition) is 1. The number of rotatable bonds is 4. The Morgan fingerprint density at radius 3 is 2.85 bits per heavy atom. The topological polar surface area (TPSA) is 32.7 Å². The van der Waals surface area contributed by atoms with Crippen LogP contribution in [0.2, 0.25) is 0 Å². The summed E-state index contributed by atoms with van der Waals surface area (Å²) < 4.78 is 43.5. The van der Waals surface area contributed by atoms with Crippen LogP contribution in [0, 0.1) is 0 Å². The number of aliphatic hydroxyl groups is 1. The molecule has 0 bridgehead atoms. The van der Waals surface area contributed by atoms with Crippen LogP contribution in [-0.2, 0) is 17.3 Å². The average molecular weight is 289 g/mol. The maximum atomic E-state index is 12.6. The zero-order chi connectivity index (χ0) is 14.6. The Labute approximate surface area is 116 Å². The Morgan fingerprint density at radius 1 is 1.35 bits per heavy atom. The van der Waals surface area contributed by atoms with Crippen molar-refractivity contribution in [1.29, 1.82) is 0 Å². The third kappa shape index (κ3) is 4.19. The molecule has 0 aliphatic carbocycles. The second-order valence-electron chi connectivity index (χ2n) is 4.92. The predicted octanol–water partition coefficient (Wildman–Crippen LogP) is 1.94. The standard InChI is InChI=1S/C14H18F3NO2/c15-14(16,17)12-3-1-2-11(8-12)9-13-10-18(4-6-19)5-7-20-13/h1-3,8,13,19H,4-7,9-10H2/t13-/m0/s1. The van der Waals surface area contributed by atoms with Gasteiger partial charge in [0.05, 0.1) is 24.9 Å². The molecule has 1 N–H and O–H groups in total. The Hall–Kier alpha value is -1.11. The molecule has 1 fully saturated rings. The molecule has 1 atom stereocenters. The molecule has 1 aliphatic rings. The van der Waals surface area contributed by atoms with Gasteiger partial charge in [-0.2, -0.15) is 13.2 Å². The summed E-state index contributed by atoms with van der Waals surface area (Å²) >= 11 is 0. The molecule has 3 nitrogen and oxygen atoms in total. The first-order valence-electron chi connectivity index (χ1n) is 6.60. The minimum atomic E-state index is -4.31. The van der Waals surface area contributed by atoms with E-state index in [1.807, 2.05) is 0 Å². The molecule has 0 unspecified atom stereocenters. The van der Waals surface area contributed by atoms with Crippen LogP contribution < -0.4 is 0 Å². The number of halogens is 3. The summed E-state index contributed by atoms with van der Waals surface area (Å²) in [5.41, 5.74) is -0.00584. The van der Waals surface area contributed by atoms with E-state index in [2.05, 4.69) is 4.90 Å². The molecule has 1 saturated heterocycles. The van der Waals surface area contributed by atoms with Crippen LogP contribution in [0.3, 0.4) is 0 Å². The molecule has 1 aliphatic heterocycles. The number of morpholine rings is 1. The van der Waals surface area contributed by atoms with Crippen molar-refractivity contribution < 1.29 is 23.0 Å². The van der Waals surface area contributed by atoms with E-state index in [1.165, 1.54) is 12.1 Å². The summed E-state index contributed by atoms with van der Waals surface area (Å²) in [6.07, 6.45) is -3.99.